The van der Waals surface area contributed by atoms with Crippen molar-refractivity contribution in [2.24, 2.45) is 0 Å². The van der Waals surface area contributed by atoms with Crippen LogP contribution in [0.1, 0.15) is 50.2 Å². The highest BCUT2D eigenvalue weighted by atomic mass is 32.1. The van der Waals surface area contributed by atoms with Crippen molar-refractivity contribution in [1.82, 2.24) is 19.8 Å². The first-order valence-corrected chi connectivity index (χ1v) is 17.1. The molecule has 1 amide bonds. The predicted octanol–water partition coefficient (Wildman–Crippen LogP) is 7.47. The number of ether oxygens (including phenoxy) is 1. The number of hydrogen-bond donors (Lipinski definition) is 2. The van der Waals surface area contributed by atoms with E-state index in [4.69, 9.17) is 10.5 Å². The van der Waals surface area contributed by atoms with Gasteiger partial charge in [-0.1, -0.05) is 6.07 Å². The van der Waals surface area contributed by atoms with Crippen molar-refractivity contribution < 1.29 is 40.3 Å². The Bertz CT molecular complexity index is 1930. The van der Waals surface area contributed by atoms with Crippen molar-refractivity contribution in [2.45, 2.75) is 57.4 Å². The lowest BCUT2D eigenvalue weighted by Gasteiger charge is -2.18. The maximum absolute atomic E-state index is 15.9. The number of carbonyl (C=O) groups is 1. The van der Waals surface area contributed by atoms with E-state index in [2.05, 4.69) is 20.2 Å². The van der Waals surface area contributed by atoms with Crippen LogP contribution in [0.5, 0.6) is 6.01 Å². The Labute approximate surface area is 293 Å². The Morgan fingerprint density at radius 2 is 1.90 bits per heavy atom. The number of nitrogens with two attached hydrogens (primary N) is 1. The number of rotatable bonds is 5. The van der Waals surface area contributed by atoms with E-state index >= 15 is 4.39 Å². The largest absolute Gasteiger partial charge is 0.467 e. The number of benzene rings is 2. The molecule has 0 bridgehead atoms. The van der Waals surface area contributed by atoms with Crippen molar-refractivity contribution in [2.75, 3.05) is 57.6 Å². The highest BCUT2D eigenvalue weighted by molar-refractivity contribution is 7.23. The molecule has 0 saturated carbocycles. The normalized spacial score (nSPS) is 18.5. The van der Waals surface area contributed by atoms with Crippen LogP contribution in [0.3, 0.4) is 0 Å². The van der Waals surface area contributed by atoms with E-state index in [1.54, 1.807) is 13.0 Å². The van der Waals surface area contributed by atoms with Crippen LogP contribution in [0.15, 0.2) is 18.2 Å². The molecule has 3 fully saturated rings. The van der Waals surface area contributed by atoms with Crippen LogP contribution in [-0.4, -0.2) is 84.4 Å². The number of nitriles is 1. The summed E-state index contributed by atoms with van der Waals surface area (Å²) < 4.78 is 103. The number of nitrogens with one attached hydrogen (secondary N) is 1. The molecular formula is C34H36F7N7O2S. The Kier molecular flexibility index (Phi) is 11.8. The Morgan fingerprint density at radius 1 is 1.18 bits per heavy atom. The minimum absolute atomic E-state index is 0.125. The zero-order chi connectivity index (χ0) is 37.0. The van der Waals surface area contributed by atoms with E-state index in [1.807, 2.05) is 4.90 Å². The molecule has 0 aliphatic carbocycles. The van der Waals surface area contributed by atoms with Gasteiger partial charge in [0.1, 0.15) is 41.1 Å². The van der Waals surface area contributed by atoms with Crippen molar-refractivity contribution in [1.29, 1.82) is 5.26 Å². The smallest absolute Gasteiger partial charge is 0.417 e. The fourth-order valence-electron chi connectivity index (χ4n) is 6.65. The zero-order valence-electron chi connectivity index (χ0n) is 27.8. The number of thiophene rings is 1. The quantitative estimate of drug-likeness (QED) is 0.202. The summed E-state index contributed by atoms with van der Waals surface area (Å²) in [5.41, 5.74) is 2.20. The van der Waals surface area contributed by atoms with Crippen LogP contribution in [0.25, 0.3) is 32.1 Å². The Balaban J connectivity index is 0.000000238. The molecule has 7 rings (SSSR count). The second kappa shape index (κ2) is 15.9. The lowest BCUT2D eigenvalue weighted by Crippen LogP contribution is -2.24. The van der Waals surface area contributed by atoms with Gasteiger partial charge in [-0.3, -0.25) is 9.69 Å². The van der Waals surface area contributed by atoms with Gasteiger partial charge in [-0.25, -0.2) is 17.6 Å². The number of methoxy groups -OCH3 is 1. The molecule has 3 saturated heterocycles. The standard InChI is InChI=1S/C21H13F6N5OS.C7H12FN.C6H11NO/c1-33-20-31-16-9(19(32-20)30-5-4-22)6-11(21(25,26)27)14(15(16)24)8-2-3-12(23)17-13(8)10(7-28)18(29)34-17;8-6-4-7-2-1-3-9(7)5-6;1-6(8)7-4-2-3-5-7/h2-3,6H,4-5,29H2,1H3,(H,30,31,32);6-7H,1-5H2;2-5H2,1H3. The summed E-state index contributed by atoms with van der Waals surface area (Å²) in [6, 6.07) is 4.41. The van der Waals surface area contributed by atoms with Gasteiger partial charge in [-0.2, -0.15) is 28.4 Å². The SMILES string of the molecule is CC(=O)N1CCCC1.COc1nc(NCCF)c2cc(C(F)(F)F)c(-c3ccc(F)c4sc(N)c(C#N)c34)c(F)c2n1.FC1CC2CCCN2C1. The predicted molar refractivity (Wildman–Crippen MR) is 181 cm³/mol. The summed E-state index contributed by atoms with van der Waals surface area (Å²) in [6.07, 6.45) is 0.128. The molecule has 0 radical (unpaired) electrons. The van der Waals surface area contributed by atoms with E-state index in [0.717, 1.165) is 38.2 Å². The number of anilines is 2. The molecule has 3 aliphatic rings. The van der Waals surface area contributed by atoms with E-state index in [-0.39, 0.29) is 55.9 Å². The number of amides is 1. The summed E-state index contributed by atoms with van der Waals surface area (Å²) in [5, 5.41) is 11.2. The minimum atomic E-state index is -5.07. The maximum Gasteiger partial charge on any atom is 0.417 e. The maximum atomic E-state index is 15.9. The first-order chi connectivity index (χ1) is 24.3. The first-order valence-electron chi connectivity index (χ1n) is 16.3. The minimum Gasteiger partial charge on any atom is -0.467 e. The molecule has 2 aromatic heterocycles. The lowest BCUT2D eigenvalue weighted by atomic mass is 9.92. The molecule has 9 nitrogen and oxygen atoms in total. The summed E-state index contributed by atoms with van der Waals surface area (Å²) in [6.45, 7) is 4.27. The number of nitrogen functional groups attached to an aromatic ring is 1. The van der Waals surface area contributed by atoms with Gasteiger partial charge in [-0.05, 0) is 56.3 Å². The molecule has 0 spiro atoms. The van der Waals surface area contributed by atoms with Gasteiger partial charge in [0, 0.05) is 55.5 Å². The van der Waals surface area contributed by atoms with Crippen LogP contribution in [0.4, 0.5) is 41.6 Å². The Morgan fingerprint density at radius 3 is 2.49 bits per heavy atom. The average Bonchev–Trinajstić information content (AvgIpc) is 3.89. The first kappa shape index (κ1) is 37.8. The number of fused-ring (bicyclic) bond motifs is 3. The topological polar surface area (TPSA) is 120 Å². The van der Waals surface area contributed by atoms with Gasteiger partial charge < -0.3 is 20.7 Å². The fourth-order valence-corrected chi connectivity index (χ4v) is 7.60. The monoisotopic (exact) mass is 739 g/mol. The van der Waals surface area contributed by atoms with Gasteiger partial charge in [-0.15, -0.1) is 11.3 Å². The highest BCUT2D eigenvalue weighted by Crippen LogP contribution is 2.47. The molecule has 5 heterocycles. The van der Waals surface area contributed by atoms with Crippen LogP contribution < -0.4 is 15.8 Å². The van der Waals surface area contributed by atoms with Crippen LogP contribution in [-0.2, 0) is 11.0 Å². The molecule has 274 valence electrons. The number of likely N-dealkylation sites (tertiary alicyclic amines) is 1. The average molecular weight is 740 g/mol. The van der Waals surface area contributed by atoms with Gasteiger partial charge in [0.25, 0.3) is 0 Å². The third-order valence-electron chi connectivity index (χ3n) is 9.00. The summed E-state index contributed by atoms with van der Waals surface area (Å²) in [5.74, 6) is -2.27. The van der Waals surface area contributed by atoms with Gasteiger partial charge >= 0.3 is 12.2 Å². The number of halogens is 7. The molecule has 17 heteroatoms. The van der Waals surface area contributed by atoms with Gasteiger partial charge in [0.05, 0.1) is 22.9 Å². The van der Waals surface area contributed by atoms with Crippen LogP contribution in [0, 0.1) is 23.0 Å². The number of nitrogens with zero attached hydrogens (tertiary/aromatic N) is 5. The fraction of sp³-hybridized carbons (Fsp3) is 0.471. The number of aromatic nitrogens is 2. The van der Waals surface area contributed by atoms with Crippen molar-refractivity contribution >= 4 is 49.1 Å². The van der Waals surface area contributed by atoms with Crippen LogP contribution >= 0.6 is 11.3 Å². The van der Waals surface area contributed by atoms with E-state index < -0.39 is 47.3 Å². The number of hydrogen-bond acceptors (Lipinski definition) is 9. The molecular weight excluding hydrogens is 703 g/mol. The molecule has 2 unspecified atom stereocenters. The highest BCUT2D eigenvalue weighted by Gasteiger charge is 2.38. The molecule has 3 aliphatic heterocycles. The third-order valence-corrected chi connectivity index (χ3v) is 10.0. The van der Waals surface area contributed by atoms with Crippen molar-refractivity contribution in [3.05, 3.63) is 41.0 Å². The van der Waals surface area contributed by atoms with Crippen molar-refractivity contribution in [3.8, 4) is 23.2 Å². The summed E-state index contributed by atoms with van der Waals surface area (Å²) in [7, 11) is 1.17. The zero-order valence-corrected chi connectivity index (χ0v) is 28.7. The van der Waals surface area contributed by atoms with Crippen molar-refractivity contribution in [3.63, 3.8) is 0 Å². The molecule has 2 atom stereocenters. The molecule has 51 heavy (non-hydrogen) atoms. The third kappa shape index (κ3) is 8.06. The molecule has 3 N–H and O–H groups in total. The number of carbonyl (C=O) groups excluding carboxylic acids is 1. The number of alkyl halides is 5. The second-order valence-electron chi connectivity index (χ2n) is 12.3. The summed E-state index contributed by atoms with van der Waals surface area (Å²) in [4.78, 5) is 22.5. The van der Waals surface area contributed by atoms with E-state index in [1.165, 1.54) is 32.8 Å². The molecule has 4 aromatic rings. The van der Waals surface area contributed by atoms with Crippen LogP contribution in [0.2, 0.25) is 0 Å². The summed E-state index contributed by atoms with van der Waals surface area (Å²) >= 11 is 0.665. The Hall–Kier alpha value is -4.43. The van der Waals surface area contributed by atoms with E-state index in [9.17, 15) is 36.4 Å². The lowest BCUT2D eigenvalue weighted by molar-refractivity contribution is -0.137. The van der Waals surface area contributed by atoms with E-state index in [0.29, 0.717) is 30.0 Å². The molecule has 2 aromatic carbocycles. The van der Waals surface area contributed by atoms with Gasteiger partial charge in [0.2, 0.25) is 5.91 Å². The second-order valence-corrected chi connectivity index (χ2v) is 13.3. The van der Waals surface area contributed by atoms with Gasteiger partial charge in [0.15, 0.2) is 5.82 Å².